The Hall–Kier alpha value is -0.0700. The van der Waals surface area contributed by atoms with Crippen LogP contribution in [0.2, 0.25) is 0 Å². The normalized spacial score (nSPS) is 21.9. The molecule has 1 saturated carbocycles. The minimum atomic E-state index is 0. The molecule has 1 saturated heterocycles. The molecule has 0 spiro atoms. The second-order valence-electron chi connectivity index (χ2n) is 6.00. The number of carbonyl (C=O) groups is 1. The summed E-state index contributed by atoms with van der Waals surface area (Å²) in [4.78, 5) is 16.7. The highest BCUT2D eigenvalue weighted by molar-refractivity contribution is 5.85. The number of hydrogen-bond donors (Lipinski definition) is 1. The standard InChI is InChI=1S/C15H29N3O2.2ClH/c1-3-14-12-18(7-6-17(14)8-9-20-2)15(19)11-16-10-13-4-5-13;;/h13-14,16H,3-12H2,1-2H3;2*1H. The lowest BCUT2D eigenvalue weighted by Gasteiger charge is -2.41. The first kappa shape index (κ1) is 21.9. The van der Waals surface area contributed by atoms with E-state index in [2.05, 4.69) is 17.1 Å². The van der Waals surface area contributed by atoms with E-state index in [1.807, 2.05) is 4.90 Å². The van der Waals surface area contributed by atoms with E-state index in [1.165, 1.54) is 12.8 Å². The quantitative estimate of drug-likeness (QED) is 0.714. The fourth-order valence-electron chi connectivity index (χ4n) is 2.83. The molecule has 0 aromatic carbocycles. The van der Waals surface area contributed by atoms with Gasteiger partial charge in [-0.3, -0.25) is 9.69 Å². The summed E-state index contributed by atoms with van der Waals surface area (Å²) in [5, 5.41) is 3.30. The molecule has 0 radical (unpaired) electrons. The number of piperazine rings is 1. The molecule has 1 aliphatic heterocycles. The van der Waals surface area contributed by atoms with Crippen LogP contribution >= 0.6 is 24.8 Å². The Morgan fingerprint density at radius 1 is 1.27 bits per heavy atom. The van der Waals surface area contributed by atoms with Crippen LogP contribution in [0.4, 0.5) is 0 Å². The number of amides is 1. The molecule has 1 aliphatic carbocycles. The van der Waals surface area contributed by atoms with E-state index in [9.17, 15) is 4.79 Å². The van der Waals surface area contributed by atoms with Gasteiger partial charge in [0.25, 0.3) is 0 Å². The molecule has 5 nitrogen and oxygen atoms in total. The predicted molar refractivity (Wildman–Crippen MR) is 94.2 cm³/mol. The molecule has 2 rings (SSSR count). The molecule has 1 unspecified atom stereocenters. The van der Waals surface area contributed by atoms with Crippen LogP contribution in [0.15, 0.2) is 0 Å². The minimum absolute atomic E-state index is 0. The lowest BCUT2D eigenvalue weighted by molar-refractivity contribution is -0.133. The van der Waals surface area contributed by atoms with E-state index in [-0.39, 0.29) is 30.7 Å². The molecule has 0 bridgehead atoms. The summed E-state index contributed by atoms with van der Waals surface area (Å²) in [7, 11) is 1.74. The van der Waals surface area contributed by atoms with Gasteiger partial charge < -0.3 is 15.0 Å². The lowest BCUT2D eigenvalue weighted by atomic mass is 10.1. The number of nitrogens with one attached hydrogen (secondary N) is 1. The first-order valence-corrected chi connectivity index (χ1v) is 7.96. The molecule has 1 N–H and O–H groups in total. The maximum Gasteiger partial charge on any atom is 0.236 e. The van der Waals surface area contributed by atoms with E-state index in [1.54, 1.807) is 7.11 Å². The maximum absolute atomic E-state index is 12.2. The van der Waals surface area contributed by atoms with Crippen LogP contribution < -0.4 is 5.32 Å². The Balaban J connectivity index is 0.00000220. The zero-order valence-corrected chi connectivity index (χ0v) is 15.4. The average Bonchev–Trinajstić information content (AvgIpc) is 3.29. The highest BCUT2D eigenvalue weighted by atomic mass is 35.5. The Morgan fingerprint density at radius 3 is 2.59 bits per heavy atom. The van der Waals surface area contributed by atoms with Gasteiger partial charge in [0.2, 0.25) is 5.91 Å². The van der Waals surface area contributed by atoms with Gasteiger partial charge in [0, 0.05) is 39.3 Å². The van der Waals surface area contributed by atoms with Gasteiger partial charge in [0.05, 0.1) is 13.2 Å². The van der Waals surface area contributed by atoms with Crippen LogP contribution in [0, 0.1) is 5.92 Å². The number of ether oxygens (including phenoxy) is 1. The topological polar surface area (TPSA) is 44.8 Å². The summed E-state index contributed by atoms with van der Waals surface area (Å²) < 4.78 is 5.16. The monoisotopic (exact) mass is 355 g/mol. The highest BCUT2D eigenvalue weighted by Crippen LogP contribution is 2.27. The highest BCUT2D eigenvalue weighted by Gasteiger charge is 2.28. The lowest BCUT2D eigenvalue weighted by Crippen LogP contribution is -2.56. The van der Waals surface area contributed by atoms with Crippen LogP contribution in [0.25, 0.3) is 0 Å². The molecule has 132 valence electrons. The Kier molecular flexibility index (Phi) is 11.4. The zero-order chi connectivity index (χ0) is 14.4. The number of nitrogens with zero attached hydrogens (tertiary/aromatic N) is 2. The van der Waals surface area contributed by atoms with Crippen molar-refractivity contribution in [2.75, 3.05) is 53.0 Å². The maximum atomic E-state index is 12.2. The molecular weight excluding hydrogens is 325 g/mol. The summed E-state index contributed by atoms with van der Waals surface area (Å²) in [6, 6.07) is 0.478. The zero-order valence-electron chi connectivity index (χ0n) is 13.8. The Morgan fingerprint density at radius 2 is 2.00 bits per heavy atom. The summed E-state index contributed by atoms with van der Waals surface area (Å²) >= 11 is 0. The first-order chi connectivity index (χ1) is 9.74. The second-order valence-corrected chi connectivity index (χ2v) is 6.00. The van der Waals surface area contributed by atoms with Crippen molar-refractivity contribution in [1.82, 2.24) is 15.1 Å². The van der Waals surface area contributed by atoms with Crippen molar-refractivity contribution in [1.29, 1.82) is 0 Å². The molecule has 2 fully saturated rings. The average molecular weight is 356 g/mol. The van der Waals surface area contributed by atoms with Gasteiger partial charge in [-0.2, -0.15) is 0 Å². The molecular formula is C15H31Cl2N3O2. The second kappa shape index (κ2) is 11.5. The first-order valence-electron chi connectivity index (χ1n) is 7.96. The van der Waals surface area contributed by atoms with Crippen molar-refractivity contribution >= 4 is 30.7 Å². The summed E-state index contributed by atoms with van der Waals surface area (Å²) in [6.07, 6.45) is 3.75. The fraction of sp³-hybridized carbons (Fsp3) is 0.933. The van der Waals surface area contributed by atoms with Gasteiger partial charge in [0.15, 0.2) is 0 Å². The fourth-order valence-corrected chi connectivity index (χ4v) is 2.83. The van der Waals surface area contributed by atoms with Crippen LogP contribution in [-0.4, -0.2) is 74.7 Å². The molecule has 1 atom stereocenters. The van der Waals surface area contributed by atoms with Crippen LogP contribution in [0.3, 0.4) is 0 Å². The number of hydrogen-bond acceptors (Lipinski definition) is 4. The van der Waals surface area contributed by atoms with Crippen molar-refractivity contribution in [2.45, 2.75) is 32.2 Å². The van der Waals surface area contributed by atoms with Gasteiger partial charge in [-0.15, -0.1) is 24.8 Å². The third-order valence-corrected chi connectivity index (χ3v) is 4.42. The molecule has 2 aliphatic rings. The number of rotatable bonds is 8. The van der Waals surface area contributed by atoms with Crippen molar-refractivity contribution < 1.29 is 9.53 Å². The molecule has 1 amide bonds. The van der Waals surface area contributed by atoms with E-state index in [0.29, 0.717) is 12.6 Å². The molecule has 22 heavy (non-hydrogen) atoms. The summed E-state index contributed by atoms with van der Waals surface area (Å²) in [5.74, 6) is 1.09. The Labute approximate surface area is 146 Å². The molecule has 1 heterocycles. The van der Waals surface area contributed by atoms with Crippen LogP contribution in [0.5, 0.6) is 0 Å². The third-order valence-electron chi connectivity index (χ3n) is 4.42. The van der Waals surface area contributed by atoms with Crippen molar-refractivity contribution in [2.24, 2.45) is 5.92 Å². The number of carbonyl (C=O) groups excluding carboxylic acids is 1. The van der Waals surface area contributed by atoms with Crippen LogP contribution in [0.1, 0.15) is 26.2 Å². The largest absolute Gasteiger partial charge is 0.383 e. The predicted octanol–water partition coefficient (Wildman–Crippen LogP) is 1.40. The van der Waals surface area contributed by atoms with E-state index >= 15 is 0 Å². The van der Waals surface area contributed by atoms with Crippen molar-refractivity contribution in [3.05, 3.63) is 0 Å². The van der Waals surface area contributed by atoms with Gasteiger partial charge in [-0.1, -0.05) is 6.92 Å². The van der Waals surface area contributed by atoms with Crippen LogP contribution in [-0.2, 0) is 9.53 Å². The van der Waals surface area contributed by atoms with E-state index in [4.69, 9.17) is 4.74 Å². The summed E-state index contributed by atoms with van der Waals surface area (Å²) in [5.41, 5.74) is 0. The minimum Gasteiger partial charge on any atom is -0.383 e. The van der Waals surface area contributed by atoms with E-state index < -0.39 is 0 Å². The molecule has 7 heteroatoms. The van der Waals surface area contributed by atoms with Crippen molar-refractivity contribution in [3.63, 3.8) is 0 Å². The SMILES string of the molecule is CCC1CN(C(=O)CNCC2CC2)CCN1CCOC.Cl.Cl. The third kappa shape index (κ3) is 7.01. The van der Waals surface area contributed by atoms with Crippen molar-refractivity contribution in [3.8, 4) is 0 Å². The van der Waals surface area contributed by atoms with E-state index in [0.717, 1.165) is 51.7 Å². The molecule has 0 aromatic rings. The number of methoxy groups -OCH3 is 1. The van der Waals surface area contributed by atoms with Gasteiger partial charge >= 0.3 is 0 Å². The smallest absolute Gasteiger partial charge is 0.236 e. The summed E-state index contributed by atoms with van der Waals surface area (Å²) in [6.45, 7) is 8.14. The molecule has 0 aromatic heterocycles. The Bertz CT molecular complexity index is 317. The van der Waals surface area contributed by atoms with Gasteiger partial charge in [-0.05, 0) is 31.7 Å². The van der Waals surface area contributed by atoms with Gasteiger partial charge in [0.1, 0.15) is 0 Å². The van der Waals surface area contributed by atoms with Gasteiger partial charge in [-0.25, -0.2) is 0 Å². The number of halogens is 2.